The molecule has 13 aromatic rings. The Kier molecular flexibility index (Phi) is 6.73. The molecule has 5 heteroatoms. The normalized spacial score (nSPS) is 12.0. The molecule has 0 radical (unpaired) electrons. The van der Waals surface area contributed by atoms with Gasteiger partial charge in [-0.3, -0.25) is 0 Å². The summed E-state index contributed by atoms with van der Waals surface area (Å²) in [6, 6.07) is 74.1. The van der Waals surface area contributed by atoms with Crippen molar-refractivity contribution in [3.05, 3.63) is 206 Å². The highest BCUT2D eigenvalue weighted by molar-refractivity contribution is 6.28. The molecule has 5 nitrogen and oxygen atoms in total. The fraction of sp³-hybridized carbons (Fsp3) is 0. The maximum atomic E-state index is 10.6. The topological polar surface area (TPSA) is 43.5 Å². The number of benzene rings is 9. The van der Waals surface area contributed by atoms with E-state index in [-0.39, 0.29) is 0 Å². The Bertz CT molecular complexity index is 3930. The van der Waals surface area contributed by atoms with Crippen molar-refractivity contribution >= 4 is 87.2 Å². The van der Waals surface area contributed by atoms with Crippen molar-refractivity contribution in [2.24, 2.45) is 0 Å². The van der Waals surface area contributed by atoms with E-state index >= 15 is 0 Å². The third kappa shape index (κ3) is 4.34. The molecular formula is C55H33N5. The van der Waals surface area contributed by atoms with E-state index in [1.807, 2.05) is 12.1 Å². The summed E-state index contributed by atoms with van der Waals surface area (Å²) < 4.78 is 9.63. The smallest absolute Gasteiger partial charge is 0.0998 e. The molecule has 0 aliphatic heterocycles. The maximum absolute atomic E-state index is 10.6. The van der Waals surface area contributed by atoms with Crippen molar-refractivity contribution in [3.63, 3.8) is 0 Å². The summed E-state index contributed by atoms with van der Waals surface area (Å²) in [6.07, 6.45) is 0. The average Bonchev–Trinajstić information content (AvgIpc) is 4.04. The van der Waals surface area contributed by atoms with Crippen LogP contribution in [-0.4, -0.2) is 18.3 Å². The van der Waals surface area contributed by atoms with E-state index in [9.17, 15) is 5.26 Å². The highest BCUT2D eigenvalue weighted by Crippen LogP contribution is 2.46. The van der Waals surface area contributed by atoms with Gasteiger partial charge in [0.05, 0.1) is 55.8 Å². The van der Waals surface area contributed by atoms with Crippen LogP contribution in [0.3, 0.4) is 0 Å². The monoisotopic (exact) mass is 763 g/mol. The number of nitriles is 1. The zero-order valence-corrected chi connectivity index (χ0v) is 32.3. The van der Waals surface area contributed by atoms with Gasteiger partial charge in [-0.2, -0.15) is 5.26 Å². The zero-order chi connectivity index (χ0) is 39.5. The molecule has 60 heavy (non-hydrogen) atoms. The lowest BCUT2D eigenvalue weighted by molar-refractivity contribution is 1.16. The zero-order valence-electron chi connectivity index (χ0n) is 32.3. The third-order valence-corrected chi connectivity index (χ3v) is 12.6. The van der Waals surface area contributed by atoms with Gasteiger partial charge in [-0.05, 0) is 91.0 Å². The number of fused-ring (bicyclic) bond motifs is 14. The quantitative estimate of drug-likeness (QED) is 0.176. The average molecular weight is 764 g/mol. The maximum Gasteiger partial charge on any atom is 0.0998 e. The summed E-state index contributed by atoms with van der Waals surface area (Å²) in [5, 5.41) is 19.7. The summed E-state index contributed by atoms with van der Waals surface area (Å²) in [7, 11) is 0. The summed E-state index contributed by atoms with van der Waals surface area (Å²) in [5.74, 6) is 0. The minimum atomic E-state index is 0.665. The molecule has 0 bridgehead atoms. The van der Waals surface area contributed by atoms with E-state index in [0.29, 0.717) is 5.56 Å². The Hall–Kier alpha value is -8.33. The number of para-hydroxylation sites is 5. The van der Waals surface area contributed by atoms with Gasteiger partial charge in [0.25, 0.3) is 0 Å². The van der Waals surface area contributed by atoms with Crippen LogP contribution in [0, 0.1) is 11.3 Å². The molecule has 0 fully saturated rings. The van der Waals surface area contributed by atoms with E-state index in [1.54, 1.807) is 0 Å². The fourth-order valence-corrected chi connectivity index (χ4v) is 10.2. The van der Waals surface area contributed by atoms with Gasteiger partial charge < -0.3 is 18.3 Å². The Morgan fingerprint density at radius 1 is 0.283 bits per heavy atom. The molecule has 0 saturated carbocycles. The van der Waals surface area contributed by atoms with Crippen molar-refractivity contribution in [2.75, 3.05) is 0 Å². The van der Waals surface area contributed by atoms with Crippen LogP contribution < -0.4 is 0 Å². The van der Waals surface area contributed by atoms with Crippen LogP contribution in [0.4, 0.5) is 0 Å². The number of hydrogen-bond donors (Lipinski definition) is 0. The molecule has 4 heterocycles. The lowest BCUT2D eigenvalue weighted by atomic mass is 10.0. The minimum absolute atomic E-state index is 0.665. The first-order chi connectivity index (χ1) is 29.8. The predicted octanol–water partition coefficient (Wildman–Crippen LogP) is 13.9. The second-order valence-electron chi connectivity index (χ2n) is 15.6. The SMILES string of the molecule is N#Cc1cccc2c1c1ccc3c(c4ccccc4n3-c3ccccc3)c1n2-c1ccc2c(c1)c1c(ccc3c4ccccc4n(-c4ccccc4)c31)n2-c1ccccc1. The number of hydrogen-bond acceptors (Lipinski definition) is 1. The van der Waals surface area contributed by atoms with Gasteiger partial charge >= 0.3 is 0 Å². The van der Waals surface area contributed by atoms with Gasteiger partial charge in [-0.1, -0.05) is 109 Å². The Balaban J connectivity index is 1.23. The Labute approximate surface area is 344 Å². The van der Waals surface area contributed by atoms with Gasteiger partial charge in [-0.15, -0.1) is 0 Å². The van der Waals surface area contributed by atoms with Gasteiger partial charge in [0.1, 0.15) is 0 Å². The molecule has 0 atom stereocenters. The highest BCUT2D eigenvalue weighted by Gasteiger charge is 2.25. The highest BCUT2D eigenvalue weighted by atomic mass is 15.0. The van der Waals surface area contributed by atoms with Crippen molar-refractivity contribution < 1.29 is 0 Å². The van der Waals surface area contributed by atoms with Crippen LogP contribution in [0.5, 0.6) is 0 Å². The van der Waals surface area contributed by atoms with Gasteiger partial charge in [-0.25, -0.2) is 0 Å². The molecule has 4 aromatic heterocycles. The molecule has 278 valence electrons. The van der Waals surface area contributed by atoms with Crippen molar-refractivity contribution in [3.8, 4) is 28.8 Å². The summed E-state index contributed by atoms with van der Waals surface area (Å²) in [5.41, 5.74) is 14.0. The molecule has 0 N–H and O–H groups in total. The summed E-state index contributed by atoms with van der Waals surface area (Å²) in [6.45, 7) is 0. The minimum Gasteiger partial charge on any atom is -0.309 e. The number of aromatic nitrogens is 4. The van der Waals surface area contributed by atoms with Gasteiger partial charge in [0.15, 0.2) is 0 Å². The van der Waals surface area contributed by atoms with Crippen molar-refractivity contribution in [1.82, 2.24) is 18.3 Å². The standard InChI is InChI=1S/C55H33N5/c56-34-35-15-14-26-48-51(35)43-29-32-49-52(42-23-11-13-25-46(42)57(49)36-16-4-1-5-17-36)55(43)60(48)39-27-30-47-44(33-39)53-50(58(47)37-18-6-2-7-19-37)31-28-41-40-22-10-12-24-45(40)59(54(41)53)38-20-8-3-9-21-38/h1-33H. The second-order valence-corrected chi connectivity index (χ2v) is 15.6. The molecular weight excluding hydrogens is 731 g/mol. The molecule has 13 rings (SSSR count). The first-order valence-electron chi connectivity index (χ1n) is 20.3. The molecule has 9 aromatic carbocycles. The summed E-state index contributed by atoms with van der Waals surface area (Å²) >= 11 is 0. The first kappa shape index (κ1) is 32.7. The van der Waals surface area contributed by atoms with Crippen molar-refractivity contribution in [2.45, 2.75) is 0 Å². The molecule has 0 aliphatic carbocycles. The van der Waals surface area contributed by atoms with Crippen LogP contribution in [0.1, 0.15) is 5.56 Å². The third-order valence-electron chi connectivity index (χ3n) is 12.6. The predicted molar refractivity (Wildman–Crippen MR) is 249 cm³/mol. The second kappa shape index (κ2) is 12.3. The molecule has 0 aliphatic rings. The van der Waals surface area contributed by atoms with Crippen LogP contribution >= 0.6 is 0 Å². The van der Waals surface area contributed by atoms with Crippen LogP contribution in [0.25, 0.3) is 110 Å². The van der Waals surface area contributed by atoms with Crippen molar-refractivity contribution in [1.29, 1.82) is 5.26 Å². The number of rotatable bonds is 4. The molecule has 0 unspecified atom stereocenters. The molecule has 0 amide bonds. The lowest BCUT2D eigenvalue weighted by Gasteiger charge is -2.11. The molecule has 0 saturated heterocycles. The largest absolute Gasteiger partial charge is 0.309 e. The van der Waals surface area contributed by atoms with E-state index in [0.717, 1.165) is 77.4 Å². The lowest BCUT2D eigenvalue weighted by Crippen LogP contribution is -1.96. The Morgan fingerprint density at radius 2 is 0.733 bits per heavy atom. The van der Waals surface area contributed by atoms with E-state index in [4.69, 9.17) is 0 Å². The fourth-order valence-electron chi connectivity index (χ4n) is 10.2. The van der Waals surface area contributed by atoms with E-state index < -0.39 is 0 Å². The van der Waals surface area contributed by atoms with Gasteiger partial charge in [0.2, 0.25) is 0 Å². The van der Waals surface area contributed by atoms with Crippen LogP contribution in [0.15, 0.2) is 200 Å². The van der Waals surface area contributed by atoms with E-state index in [2.05, 4.69) is 212 Å². The van der Waals surface area contributed by atoms with Crippen LogP contribution in [0.2, 0.25) is 0 Å². The van der Waals surface area contributed by atoms with Crippen LogP contribution in [-0.2, 0) is 0 Å². The first-order valence-corrected chi connectivity index (χ1v) is 20.3. The Morgan fingerprint density at radius 3 is 1.38 bits per heavy atom. The van der Waals surface area contributed by atoms with Gasteiger partial charge in [0, 0.05) is 65.8 Å². The van der Waals surface area contributed by atoms with E-state index in [1.165, 1.54) is 32.6 Å². The number of nitrogens with zero attached hydrogens (tertiary/aromatic N) is 5. The summed E-state index contributed by atoms with van der Waals surface area (Å²) in [4.78, 5) is 0. The molecule has 0 spiro atoms.